The number of aromatic hydroxyl groups is 1. The molecule has 128 valence electrons. The van der Waals surface area contributed by atoms with Crippen molar-refractivity contribution in [2.45, 2.75) is 6.42 Å². The molecule has 0 aliphatic carbocycles. The van der Waals surface area contributed by atoms with E-state index in [1.807, 2.05) is 36.5 Å². The van der Waals surface area contributed by atoms with Gasteiger partial charge in [-0.25, -0.2) is 0 Å². The van der Waals surface area contributed by atoms with Gasteiger partial charge in [-0.1, -0.05) is 12.1 Å². The first-order valence-corrected chi connectivity index (χ1v) is 8.04. The molecule has 5 heteroatoms. The Morgan fingerprint density at radius 1 is 1.24 bits per heavy atom. The Morgan fingerprint density at radius 3 is 2.80 bits per heavy atom. The Hall–Kier alpha value is -3.21. The second-order valence-corrected chi connectivity index (χ2v) is 5.69. The molecule has 0 unspecified atom stereocenters. The molecule has 0 bridgehead atoms. The van der Waals surface area contributed by atoms with E-state index in [2.05, 4.69) is 10.3 Å². The van der Waals surface area contributed by atoms with Gasteiger partial charge in [0.25, 0.3) is 0 Å². The van der Waals surface area contributed by atoms with Crippen molar-refractivity contribution >= 4 is 22.9 Å². The van der Waals surface area contributed by atoms with Crippen LogP contribution >= 0.6 is 0 Å². The minimum Gasteiger partial charge on any atom is -0.508 e. The molecule has 0 aliphatic rings. The van der Waals surface area contributed by atoms with Crippen LogP contribution in [0.5, 0.6) is 11.5 Å². The molecule has 0 spiro atoms. The van der Waals surface area contributed by atoms with E-state index in [0.717, 1.165) is 27.8 Å². The quantitative estimate of drug-likeness (QED) is 0.605. The average Bonchev–Trinajstić information content (AvgIpc) is 3.02. The number of aromatic amines is 1. The summed E-state index contributed by atoms with van der Waals surface area (Å²) < 4.78 is 5.10. The fourth-order valence-corrected chi connectivity index (χ4v) is 2.64. The number of nitrogens with one attached hydrogen (secondary N) is 2. The van der Waals surface area contributed by atoms with Gasteiger partial charge >= 0.3 is 0 Å². The number of H-pyrrole nitrogens is 1. The number of phenols is 1. The smallest absolute Gasteiger partial charge is 0.244 e. The summed E-state index contributed by atoms with van der Waals surface area (Å²) in [6.07, 6.45) is 5.87. The third-order valence-corrected chi connectivity index (χ3v) is 3.99. The molecular formula is C20H20N2O3. The number of fused-ring (bicyclic) bond motifs is 1. The topological polar surface area (TPSA) is 74.3 Å². The summed E-state index contributed by atoms with van der Waals surface area (Å²) in [6.45, 7) is 0.522. The fraction of sp³-hybridized carbons (Fsp3) is 0.150. The lowest BCUT2D eigenvalue weighted by molar-refractivity contribution is -0.116. The SMILES string of the molecule is COc1ccc(C=CC(=O)NCCc2c[nH]c3ccc(O)cc23)cc1. The summed E-state index contributed by atoms with van der Waals surface area (Å²) in [4.78, 5) is 15.1. The van der Waals surface area contributed by atoms with Crippen LogP contribution in [0.1, 0.15) is 11.1 Å². The Morgan fingerprint density at radius 2 is 2.04 bits per heavy atom. The summed E-state index contributed by atoms with van der Waals surface area (Å²) in [5.41, 5.74) is 2.96. The van der Waals surface area contributed by atoms with E-state index in [9.17, 15) is 9.90 Å². The Labute approximate surface area is 145 Å². The summed E-state index contributed by atoms with van der Waals surface area (Å²) in [5.74, 6) is 0.879. The van der Waals surface area contributed by atoms with Gasteiger partial charge in [0.05, 0.1) is 7.11 Å². The lowest BCUT2D eigenvalue weighted by Crippen LogP contribution is -2.23. The lowest BCUT2D eigenvalue weighted by atomic mass is 10.1. The lowest BCUT2D eigenvalue weighted by Gasteiger charge is -2.02. The largest absolute Gasteiger partial charge is 0.508 e. The molecule has 0 aliphatic heterocycles. The Kier molecular flexibility index (Phi) is 5.04. The molecule has 0 atom stereocenters. The summed E-state index contributed by atoms with van der Waals surface area (Å²) >= 11 is 0. The average molecular weight is 336 g/mol. The number of benzene rings is 2. The van der Waals surface area contributed by atoms with Crippen molar-refractivity contribution in [3.63, 3.8) is 0 Å². The predicted octanol–water partition coefficient (Wildman–Crippen LogP) is 3.25. The molecule has 0 saturated carbocycles. The molecule has 0 radical (unpaired) electrons. The fourth-order valence-electron chi connectivity index (χ4n) is 2.64. The van der Waals surface area contributed by atoms with Crippen LogP contribution in [0.4, 0.5) is 0 Å². The molecule has 0 saturated heterocycles. The van der Waals surface area contributed by atoms with Crippen LogP contribution in [-0.2, 0) is 11.2 Å². The molecule has 3 N–H and O–H groups in total. The van der Waals surface area contributed by atoms with Gasteiger partial charge in [-0.3, -0.25) is 4.79 Å². The molecule has 1 amide bonds. The minimum atomic E-state index is -0.140. The van der Waals surface area contributed by atoms with Crippen LogP contribution in [0.15, 0.2) is 54.7 Å². The highest BCUT2D eigenvalue weighted by Crippen LogP contribution is 2.23. The van der Waals surface area contributed by atoms with Crippen molar-refractivity contribution in [3.05, 3.63) is 65.9 Å². The number of carbonyl (C=O) groups excluding carboxylic acids is 1. The van der Waals surface area contributed by atoms with Gasteiger partial charge in [0.2, 0.25) is 5.91 Å². The van der Waals surface area contributed by atoms with Crippen LogP contribution in [0.25, 0.3) is 17.0 Å². The molecular weight excluding hydrogens is 316 g/mol. The zero-order chi connectivity index (χ0) is 17.6. The van der Waals surface area contributed by atoms with Gasteiger partial charge in [-0.05, 0) is 54.0 Å². The highest BCUT2D eigenvalue weighted by molar-refractivity contribution is 5.91. The highest BCUT2D eigenvalue weighted by Gasteiger charge is 2.05. The first-order chi connectivity index (χ1) is 12.2. The number of rotatable bonds is 6. The maximum Gasteiger partial charge on any atom is 0.244 e. The maximum atomic E-state index is 11.9. The second-order valence-electron chi connectivity index (χ2n) is 5.69. The number of methoxy groups -OCH3 is 1. The van der Waals surface area contributed by atoms with Crippen LogP contribution in [0, 0.1) is 0 Å². The van der Waals surface area contributed by atoms with E-state index in [1.165, 1.54) is 6.08 Å². The van der Waals surface area contributed by atoms with Crippen molar-refractivity contribution in [2.24, 2.45) is 0 Å². The van der Waals surface area contributed by atoms with E-state index < -0.39 is 0 Å². The van der Waals surface area contributed by atoms with E-state index in [-0.39, 0.29) is 11.7 Å². The normalized spacial score (nSPS) is 11.1. The third kappa shape index (κ3) is 4.20. The zero-order valence-corrected chi connectivity index (χ0v) is 14.0. The van der Waals surface area contributed by atoms with Crippen molar-refractivity contribution in [1.29, 1.82) is 0 Å². The number of carbonyl (C=O) groups is 1. The molecule has 0 fully saturated rings. The van der Waals surface area contributed by atoms with Crippen LogP contribution in [0.3, 0.4) is 0 Å². The van der Waals surface area contributed by atoms with Crippen molar-refractivity contribution in [1.82, 2.24) is 10.3 Å². The van der Waals surface area contributed by atoms with Crippen LogP contribution in [-0.4, -0.2) is 29.7 Å². The Bertz CT molecular complexity index is 895. The maximum absolute atomic E-state index is 11.9. The van der Waals surface area contributed by atoms with Crippen molar-refractivity contribution < 1.29 is 14.6 Å². The van der Waals surface area contributed by atoms with Gasteiger partial charge in [0, 0.05) is 29.7 Å². The zero-order valence-electron chi connectivity index (χ0n) is 14.0. The number of aromatic nitrogens is 1. The molecule has 2 aromatic carbocycles. The van der Waals surface area contributed by atoms with Crippen LogP contribution in [0.2, 0.25) is 0 Å². The van der Waals surface area contributed by atoms with Gasteiger partial charge in [0.1, 0.15) is 11.5 Å². The summed E-state index contributed by atoms with van der Waals surface area (Å²) in [7, 11) is 1.62. The summed E-state index contributed by atoms with van der Waals surface area (Å²) in [5, 5.41) is 13.4. The van der Waals surface area contributed by atoms with Crippen molar-refractivity contribution in [3.8, 4) is 11.5 Å². The van der Waals surface area contributed by atoms with Crippen LogP contribution < -0.4 is 10.1 Å². The van der Waals surface area contributed by atoms with Crippen molar-refractivity contribution in [2.75, 3.05) is 13.7 Å². The molecule has 3 aromatic rings. The van der Waals surface area contributed by atoms with E-state index >= 15 is 0 Å². The number of hydrogen-bond acceptors (Lipinski definition) is 3. The first-order valence-electron chi connectivity index (χ1n) is 8.04. The molecule has 1 heterocycles. The second kappa shape index (κ2) is 7.57. The summed E-state index contributed by atoms with van der Waals surface area (Å²) in [6, 6.07) is 12.7. The standard InChI is InChI=1S/C20H20N2O3/c1-25-17-6-2-14(3-7-17)4-9-20(24)21-11-10-15-13-22-19-8-5-16(23)12-18(15)19/h2-9,12-13,22-23H,10-11H2,1H3,(H,21,24). The number of hydrogen-bond donors (Lipinski definition) is 3. The van der Waals surface area contributed by atoms with E-state index in [4.69, 9.17) is 4.74 Å². The molecule has 5 nitrogen and oxygen atoms in total. The molecule has 1 aromatic heterocycles. The number of ether oxygens (including phenoxy) is 1. The number of amides is 1. The van der Waals surface area contributed by atoms with Gasteiger partial charge in [-0.2, -0.15) is 0 Å². The third-order valence-electron chi connectivity index (χ3n) is 3.99. The minimum absolute atomic E-state index is 0.140. The first kappa shape index (κ1) is 16.6. The Balaban J connectivity index is 1.53. The predicted molar refractivity (Wildman–Crippen MR) is 98.7 cm³/mol. The van der Waals surface area contributed by atoms with E-state index in [0.29, 0.717) is 13.0 Å². The monoisotopic (exact) mass is 336 g/mol. The molecule has 25 heavy (non-hydrogen) atoms. The molecule has 3 rings (SSSR count). The highest BCUT2D eigenvalue weighted by atomic mass is 16.5. The number of phenolic OH excluding ortho intramolecular Hbond substituents is 1. The van der Waals surface area contributed by atoms with Gasteiger partial charge < -0.3 is 20.1 Å². The van der Waals surface area contributed by atoms with Gasteiger partial charge in [-0.15, -0.1) is 0 Å². The van der Waals surface area contributed by atoms with E-state index in [1.54, 1.807) is 25.3 Å². The van der Waals surface area contributed by atoms with Gasteiger partial charge in [0.15, 0.2) is 0 Å².